The van der Waals surface area contributed by atoms with Crippen LogP contribution in [0.3, 0.4) is 0 Å². The second-order valence-electron chi connectivity index (χ2n) is 11.6. The Labute approximate surface area is 224 Å². The molecule has 1 saturated carbocycles. The number of fused-ring (bicyclic) bond motifs is 1. The van der Waals surface area contributed by atoms with Crippen molar-refractivity contribution in [2.24, 2.45) is 12.8 Å². The molecule has 2 fully saturated rings. The first-order valence-corrected chi connectivity index (χ1v) is 15.2. The molecule has 2 aliphatic rings. The van der Waals surface area contributed by atoms with Crippen molar-refractivity contribution in [3.8, 4) is 16.9 Å². The summed E-state index contributed by atoms with van der Waals surface area (Å²) in [6, 6.07) is 12.8. The van der Waals surface area contributed by atoms with Crippen molar-refractivity contribution in [1.82, 2.24) is 24.2 Å². The molecule has 1 aliphatic carbocycles. The molecule has 1 saturated heterocycles. The maximum absolute atomic E-state index is 11.9. The summed E-state index contributed by atoms with van der Waals surface area (Å²) >= 11 is 0. The lowest BCUT2D eigenvalue weighted by Crippen LogP contribution is -2.51. The average molecular weight is 533 g/mol. The van der Waals surface area contributed by atoms with Crippen LogP contribution in [0.4, 0.5) is 0 Å². The fourth-order valence-electron chi connectivity index (χ4n) is 5.57. The molecule has 6 rings (SSSR count). The second-order valence-corrected chi connectivity index (χ2v) is 14.0. The quantitative estimate of drug-likeness (QED) is 0.389. The standard InChI is InChI=1S/C29H36N6O2S/c1-28(2,34-14-16-38(36,37)17-15-34)11-10-22-19-35(24-18-31-33(3)20-24)27-25(22)8-9-26(32-27)21-4-6-23(7-5-21)29(30)12-13-29/h4-9,18-20H,10-17,30H2,1-3H3. The Morgan fingerprint density at radius 3 is 2.37 bits per heavy atom. The molecule has 4 aromatic rings. The van der Waals surface area contributed by atoms with Gasteiger partial charge < -0.3 is 5.73 Å². The lowest BCUT2D eigenvalue weighted by molar-refractivity contribution is 0.123. The van der Waals surface area contributed by atoms with E-state index in [0.717, 1.165) is 53.7 Å². The van der Waals surface area contributed by atoms with E-state index in [4.69, 9.17) is 10.7 Å². The predicted octanol–water partition coefficient (Wildman–Crippen LogP) is 3.82. The summed E-state index contributed by atoms with van der Waals surface area (Å²) < 4.78 is 27.8. The number of sulfone groups is 1. The molecule has 9 heteroatoms. The molecule has 0 bridgehead atoms. The number of benzene rings is 1. The third-order valence-corrected chi connectivity index (χ3v) is 10.1. The number of nitrogens with two attached hydrogens (primary N) is 1. The average Bonchev–Trinajstić information content (AvgIpc) is 3.33. The van der Waals surface area contributed by atoms with Crippen LogP contribution in [0.15, 0.2) is 55.0 Å². The highest BCUT2D eigenvalue weighted by molar-refractivity contribution is 7.91. The molecule has 38 heavy (non-hydrogen) atoms. The van der Waals surface area contributed by atoms with Gasteiger partial charge >= 0.3 is 0 Å². The lowest BCUT2D eigenvalue weighted by atomic mass is 9.93. The zero-order valence-corrected chi connectivity index (χ0v) is 23.2. The number of aryl methyl sites for hydroxylation is 2. The van der Waals surface area contributed by atoms with Gasteiger partial charge in [-0.25, -0.2) is 13.4 Å². The van der Waals surface area contributed by atoms with Gasteiger partial charge in [0.05, 0.1) is 29.1 Å². The van der Waals surface area contributed by atoms with Crippen LogP contribution in [0, 0.1) is 0 Å². The van der Waals surface area contributed by atoms with Crippen LogP contribution in [0.2, 0.25) is 0 Å². The van der Waals surface area contributed by atoms with Gasteiger partial charge in [-0.05, 0) is 62.8 Å². The summed E-state index contributed by atoms with van der Waals surface area (Å²) in [6.07, 6.45) is 9.93. The summed E-state index contributed by atoms with van der Waals surface area (Å²) in [5.41, 5.74) is 12.4. The summed E-state index contributed by atoms with van der Waals surface area (Å²) in [4.78, 5) is 7.45. The van der Waals surface area contributed by atoms with E-state index in [1.54, 1.807) is 4.68 Å². The van der Waals surface area contributed by atoms with Gasteiger partial charge in [-0.15, -0.1) is 0 Å². The molecule has 0 unspecified atom stereocenters. The lowest BCUT2D eigenvalue weighted by Gasteiger charge is -2.41. The van der Waals surface area contributed by atoms with Gasteiger partial charge in [0.25, 0.3) is 0 Å². The van der Waals surface area contributed by atoms with Crippen LogP contribution in [-0.2, 0) is 28.8 Å². The Bertz CT molecular complexity index is 1580. The molecule has 8 nitrogen and oxygen atoms in total. The van der Waals surface area contributed by atoms with E-state index < -0.39 is 9.84 Å². The zero-order chi connectivity index (χ0) is 26.7. The van der Waals surface area contributed by atoms with Crippen LogP contribution in [0.25, 0.3) is 28.0 Å². The smallest absolute Gasteiger partial charge is 0.152 e. The monoisotopic (exact) mass is 532 g/mol. The molecule has 2 N–H and O–H groups in total. The van der Waals surface area contributed by atoms with Crippen LogP contribution in [-0.4, -0.2) is 62.8 Å². The number of nitrogens with zero attached hydrogens (tertiary/aromatic N) is 5. The zero-order valence-electron chi connectivity index (χ0n) is 22.4. The van der Waals surface area contributed by atoms with Gasteiger partial charge in [-0.2, -0.15) is 5.10 Å². The molecule has 0 amide bonds. The van der Waals surface area contributed by atoms with Crippen molar-refractivity contribution in [1.29, 1.82) is 0 Å². The number of hydrogen-bond acceptors (Lipinski definition) is 6. The van der Waals surface area contributed by atoms with Gasteiger partial charge in [-0.3, -0.25) is 14.1 Å². The van der Waals surface area contributed by atoms with E-state index >= 15 is 0 Å². The van der Waals surface area contributed by atoms with Crippen molar-refractivity contribution in [3.63, 3.8) is 0 Å². The maximum Gasteiger partial charge on any atom is 0.152 e. The van der Waals surface area contributed by atoms with E-state index in [9.17, 15) is 8.42 Å². The van der Waals surface area contributed by atoms with Gasteiger partial charge in [0.15, 0.2) is 9.84 Å². The minimum Gasteiger partial charge on any atom is -0.321 e. The molecule has 0 atom stereocenters. The third kappa shape index (κ3) is 4.79. The molecule has 200 valence electrons. The molecule has 0 radical (unpaired) electrons. The fraction of sp³-hybridized carbons (Fsp3) is 0.448. The molecule has 1 aliphatic heterocycles. The van der Waals surface area contributed by atoms with Crippen molar-refractivity contribution >= 4 is 20.9 Å². The van der Waals surface area contributed by atoms with Crippen molar-refractivity contribution in [3.05, 3.63) is 66.1 Å². The van der Waals surface area contributed by atoms with Gasteiger partial charge in [-0.1, -0.05) is 24.3 Å². The molecular formula is C29H36N6O2S. The highest BCUT2D eigenvalue weighted by atomic mass is 32.2. The molecule has 4 heterocycles. The van der Waals surface area contributed by atoms with Crippen molar-refractivity contribution < 1.29 is 8.42 Å². The highest BCUT2D eigenvalue weighted by Gasteiger charge is 2.39. The van der Waals surface area contributed by atoms with Gasteiger partial charge in [0, 0.05) is 54.6 Å². The largest absolute Gasteiger partial charge is 0.321 e. The Kier molecular flexibility index (Phi) is 6.01. The third-order valence-electron chi connectivity index (χ3n) is 8.45. The Morgan fingerprint density at radius 2 is 1.74 bits per heavy atom. The Balaban J connectivity index is 1.31. The number of aromatic nitrogens is 4. The summed E-state index contributed by atoms with van der Waals surface area (Å²) in [5, 5.41) is 5.52. The van der Waals surface area contributed by atoms with Crippen LogP contribution in [0.1, 0.15) is 44.2 Å². The summed E-state index contributed by atoms with van der Waals surface area (Å²) in [5.74, 6) is 0.493. The highest BCUT2D eigenvalue weighted by Crippen LogP contribution is 2.43. The van der Waals surface area contributed by atoms with E-state index in [1.807, 2.05) is 19.4 Å². The SMILES string of the molecule is Cn1cc(-n2cc(CCC(C)(C)N3CCS(=O)(=O)CC3)c3ccc(-c4ccc(C5(N)CC5)cc4)nc32)cn1. The topological polar surface area (TPSA) is 99.0 Å². The predicted molar refractivity (Wildman–Crippen MR) is 151 cm³/mol. The maximum atomic E-state index is 11.9. The van der Waals surface area contributed by atoms with Crippen LogP contribution < -0.4 is 5.73 Å². The Hall–Kier alpha value is -3.01. The minimum absolute atomic E-state index is 0.101. The second kappa shape index (κ2) is 9.03. The number of pyridine rings is 1. The first-order valence-electron chi connectivity index (χ1n) is 13.4. The molecule has 1 aromatic carbocycles. The van der Waals surface area contributed by atoms with E-state index in [1.165, 1.54) is 11.1 Å². The van der Waals surface area contributed by atoms with Crippen molar-refractivity contribution in [2.45, 2.75) is 50.6 Å². The number of rotatable bonds is 7. The fourth-order valence-corrected chi connectivity index (χ4v) is 6.77. The normalized spacial score (nSPS) is 19.2. The Morgan fingerprint density at radius 1 is 1.03 bits per heavy atom. The van der Waals surface area contributed by atoms with Gasteiger partial charge in [0.1, 0.15) is 5.65 Å². The first kappa shape index (κ1) is 25.3. The van der Waals surface area contributed by atoms with E-state index in [0.29, 0.717) is 13.1 Å². The molecule has 0 spiro atoms. The van der Waals surface area contributed by atoms with Gasteiger partial charge in [0.2, 0.25) is 0 Å². The van der Waals surface area contributed by atoms with Crippen molar-refractivity contribution in [2.75, 3.05) is 24.6 Å². The number of hydrogen-bond donors (Lipinski definition) is 1. The first-order chi connectivity index (χ1) is 18.0. The molecular weight excluding hydrogens is 496 g/mol. The summed E-state index contributed by atoms with van der Waals surface area (Å²) in [7, 11) is -0.980. The van der Waals surface area contributed by atoms with E-state index in [2.05, 4.69) is 71.0 Å². The minimum atomic E-state index is -2.90. The molecule has 3 aromatic heterocycles. The van der Waals surface area contributed by atoms with E-state index in [-0.39, 0.29) is 22.6 Å². The summed E-state index contributed by atoms with van der Waals surface area (Å²) in [6.45, 7) is 5.64. The van der Waals surface area contributed by atoms with Crippen LogP contribution in [0.5, 0.6) is 0 Å². The van der Waals surface area contributed by atoms with Crippen LogP contribution >= 0.6 is 0 Å².